The lowest BCUT2D eigenvalue weighted by atomic mass is 10.0. The Morgan fingerprint density at radius 2 is 1.88 bits per heavy atom. The molecule has 0 aliphatic heterocycles. The molecule has 3 aromatic carbocycles. The van der Waals surface area contributed by atoms with Crippen LogP contribution in [0.2, 0.25) is 10.0 Å². The summed E-state index contributed by atoms with van der Waals surface area (Å²) in [7, 11) is 1.59. The number of benzene rings is 3. The molecule has 7 heteroatoms. The average Bonchev–Trinajstić information content (AvgIpc) is 2.77. The number of ether oxygens (including phenoxy) is 1. The van der Waals surface area contributed by atoms with Crippen LogP contribution in [0.1, 0.15) is 22.3 Å². The highest BCUT2D eigenvalue weighted by molar-refractivity contribution is 14.1. The fraction of sp³-hybridized carbons (Fsp3) is 0.120. The Bertz CT molecular complexity index is 1250. The van der Waals surface area contributed by atoms with Crippen LogP contribution >= 0.6 is 45.8 Å². The third kappa shape index (κ3) is 5.63. The maximum atomic E-state index is 12.7. The van der Waals surface area contributed by atoms with Gasteiger partial charge >= 0.3 is 0 Å². The van der Waals surface area contributed by atoms with E-state index < -0.39 is 5.91 Å². The first-order chi connectivity index (χ1) is 15.3. The van der Waals surface area contributed by atoms with Crippen LogP contribution in [0.3, 0.4) is 0 Å². The average molecular weight is 577 g/mol. The van der Waals surface area contributed by atoms with Gasteiger partial charge in [-0.25, -0.2) is 0 Å². The third-order valence-electron chi connectivity index (χ3n) is 4.91. The Morgan fingerprint density at radius 1 is 1.16 bits per heavy atom. The number of anilines is 1. The van der Waals surface area contributed by atoms with Gasteiger partial charge < -0.3 is 10.1 Å². The number of halogens is 3. The van der Waals surface area contributed by atoms with Crippen LogP contribution in [0.25, 0.3) is 6.08 Å². The zero-order chi connectivity index (χ0) is 23.3. The normalized spacial score (nSPS) is 11.1. The minimum absolute atomic E-state index is 0.0268. The van der Waals surface area contributed by atoms with Crippen LogP contribution in [-0.2, 0) is 11.2 Å². The number of hydrogen-bond acceptors (Lipinski definition) is 3. The van der Waals surface area contributed by atoms with Crippen molar-refractivity contribution >= 4 is 63.5 Å². The Morgan fingerprint density at radius 3 is 2.56 bits per heavy atom. The number of hydrogen-bond donors (Lipinski definition) is 1. The molecular formula is C25H19Cl2IN2O2. The van der Waals surface area contributed by atoms with E-state index in [0.717, 1.165) is 20.3 Å². The van der Waals surface area contributed by atoms with E-state index >= 15 is 0 Å². The quantitative estimate of drug-likeness (QED) is 0.194. The van der Waals surface area contributed by atoms with Gasteiger partial charge in [-0.05, 0) is 82.6 Å². The maximum absolute atomic E-state index is 12.7. The predicted molar refractivity (Wildman–Crippen MR) is 138 cm³/mol. The van der Waals surface area contributed by atoms with E-state index in [1.54, 1.807) is 38.3 Å². The molecule has 0 fully saturated rings. The van der Waals surface area contributed by atoms with Gasteiger partial charge in [0.1, 0.15) is 17.4 Å². The summed E-state index contributed by atoms with van der Waals surface area (Å²) in [5, 5.41) is 13.6. The third-order valence-corrected chi connectivity index (χ3v) is 6.65. The summed E-state index contributed by atoms with van der Waals surface area (Å²) in [4.78, 5) is 12.7. The highest BCUT2D eigenvalue weighted by Crippen LogP contribution is 2.31. The number of methoxy groups -OCH3 is 1. The zero-order valence-corrected chi connectivity index (χ0v) is 21.0. The SMILES string of the molecule is COc1cc(/C=C(\C#N)C(=O)Nc2cccc(Cl)c2C)cc(I)c1Cc1ccccc1Cl. The molecule has 0 atom stereocenters. The molecule has 1 amide bonds. The van der Waals surface area contributed by atoms with Gasteiger partial charge in [0, 0.05) is 31.3 Å². The van der Waals surface area contributed by atoms with Gasteiger partial charge in [0.05, 0.1) is 7.11 Å². The lowest BCUT2D eigenvalue weighted by Crippen LogP contribution is -2.14. The first kappa shape index (κ1) is 24.1. The molecule has 0 bridgehead atoms. The summed E-state index contributed by atoms with van der Waals surface area (Å²) in [6.45, 7) is 1.80. The van der Waals surface area contributed by atoms with E-state index in [1.807, 2.05) is 42.5 Å². The van der Waals surface area contributed by atoms with Gasteiger partial charge in [-0.1, -0.05) is 47.5 Å². The van der Waals surface area contributed by atoms with Gasteiger partial charge in [-0.3, -0.25) is 4.79 Å². The number of rotatable bonds is 6. The fourth-order valence-electron chi connectivity index (χ4n) is 3.15. The second kappa shape index (κ2) is 10.9. The van der Waals surface area contributed by atoms with Crippen LogP contribution in [-0.4, -0.2) is 13.0 Å². The first-order valence-corrected chi connectivity index (χ1v) is 11.5. The van der Waals surface area contributed by atoms with E-state index in [0.29, 0.717) is 33.5 Å². The van der Waals surface area contributed by atoms with E-state index in [-0.39, 0.29) is 5.57 Å². The van der Waals surface area contributed by atoms with Crippen LogP contribution in [0.5, 0.6) is 5.75 Å². The molecule has 0 aliphatic rings. The number of nitrogens with one attached hydrogen (secondary N) is 1. The summed E-state index contributed by atoms with van der Waals surface area (Å²) in [6, 6.07) is 18.6. The number of amides is 1. The Balaban J connectivity index is 1.91. The minimum atomic E-state index is -0.507. The Labute approximate surface area is 210 Å². The standard InChI is InChI=1S/C25H19Cl2IN2O2/c1-15-20(26)8-5-9-23(15)30-25(31)18(14-29)10-16-11-22(28)19(24(12-16)32-2)13-17-6-3-4-7-21(17)27/h3-12H,13H2,1-2H3,(H,30,31)/b18-10+. The van der Waals surface area contributed by atoms with Gasteiger partial charge in [-0.15, -0.1) is 0 Å². The second-order valence-corrected chi connectivity index (χ2v) is 8.96. The zero-order valence-electron chi connectivity index (χ0n) is 17.4. The van der Waals surface area contributed by atoms with Crippen LogP contribution < -0.4 is 10.1 Å². The number of carbonyl (C=O) groups excluding carboxylic acids is 1. The first-order valence-electron chi connectivity index (χ1n) is 9.62. The molecule has 3 aromatic rings. The summed E-state index contributed by atoms with van der Waals surface area (Å²) in [6.07, 6.45) is 2.14. The molecule has 162 valence electrons. The van der Waals surface area contributed by atoms with E-state index in [2.05, 4.69) is 27.9 Å². The summed E-state index contributed by atoms with van der Waals surface area (Å²) in [5.74, 6) is 0.151. The fourth-order valence-corrected chi connectivity index (χ4v) is 4.34. The van der Waals surface area contributed by atoms with Gasteiger partial charge in [0.2, 0.25) is 0 Å². The van der Waals surface area contributed by atoms with E-state index in [1.165, 1.54) is 0 Å². The monoisotopic (exact) mass is 576 g/mol. The van der Waals surface area contributed by atoms with E-state index in [9.17, 15) is 10.1 Å². The molecule has 4 nitrogen and oxygen atoms in total. The van der Waals surface area contributed by atoms with Crippen molar-refractivity contribution in [1.29, 1.82) is 5.26 Å². The van der Waals surface area contributed by atoms with Crippen molar-refractivity contribution in [2.24, 2.45) is 0 Å². The van der Waals surface area contributed by atoms with Gasteiger partial charge in [0.25, 0.3) is 5.91 Å². The van der Waals surface area contributed by atoms with Crippen LogP contribution in [0.15, 0.2) is 60.2 Å². The molecular weight excluding hydrogens is 558 g/mol. The molecule has 0 radical (unpaired) electrons. The summed E-state index contributed by atoms with van der Waals surface area (Å²) < 4.78 is 6.55. The van der Waals surface area contributed by atoms with Gasteiger partial charge in [-0.2, -0.15) is 5.26 Å². The lowest BCUT2D eigenvalue weighted by molar-refractivity contribution is -0.112. The summed E-state index contributed by atoms with van der Waals surface area (Å²) in [5.41, 5.74) is 3.93. The molecule has 3 rings (SSSR count). The molecule has 0 heterocycles. The summed E-state index contributed by atoms with van der Waals surface area (Å²) >= 11 is 14.7. The largest absolute Gasteiger partial charge is 0.496 e. The number of carbonyl (C=O) groups is 1. The van der Waals surface area contributed by atoms with Crippen molar-refractivity contribution in [3.05, 3.63) is 96.0 Å². The van der Waals surface area contributed by atoms with Crippen molar-refractivity contribution in [2.75, 3.05) is 12.4 Å². The number of nitriles is 1. The van der Waals surface area contributed by atoms with Crippen molar-refractivity contribution in [3.63, 3.8) is 0 Å². The van der Waals surface area contributed by atoms with Crippen LogP contribution in [0, 0.1) is 21.8 Å². The van der Waals surface area contributed by atoms with Crippen molar-refractivity contribution in [2.45, 2.75) is 13.3 Å². The molecule has 32 heavy (non-hydrogen) atoms. The molecule has 0 aromatic heterocycles. The lowest BCUT2D eigenvalue weighted by Gasteiger charge is -2.13. The Hall–Kier alpha value is -2.53. The topological polar surface area (TPSA) is 62.1 Å². The molecule has 0 saturated heterocycles. The molecule has 0 aliphatic carbocycles. The highest BCUT2D eigenvalue weighted by Gasteiger charge is 2.15. The maximum Gasteiger partial charge on any atom is 0.266 e. The minimum Gasteiger partial charge on any atom is -0.496 e. The van der Waals surface area contributed by atoms with Crippen molar-refractivity contribution < 1.29 is 9.53 Å². The number of nitrogens with zero attached hydrogens (tertiary/aromatic N) is 1. The second-order valence-electron chi connectivity index (χ2n) is 6.99. The Kier molecular flexibility index (Phi) is 8.19. The van der Waals surface area contributed by atoms with Gasteiger partial charge in [0.15, 0.2) is 0 Å². The van der Waals surface area contributed by atoms with Crippen molar-refractivity contribution in [1.82, 2.24) is 0 Å². The highest BCUT2D eigenvalue weighted by atomic mass is 127. The van der Waals surface area contributed by atoms with E-state index in [4.69, 9.17) is 27.9 Å². The van der Waals surface area contributed by atoms with Crippen LogP contribution in [0.4, 0.5) is 5.69 Å². The smallest absolute Gasteiger partial charge is 0.266 e. The molecule has 1 N–H and O–H groups in total. The molecule has 0 saturated carbocycles. The van der Waals surface area contributed by atoms with Crippen molar-refractivity contribution in [3.8, 4) is 11.8 Å². The predicted octanol–water partition coefficient (Wildman–Crippen LogP) is 7.05. The molecule has 0 spiro atoms. The molecule has 0 unspecified atom stereocenters.